The molecule has 5 aromatic rings. The topological polar surface area (TPSA) is 128 Å². The van der Waals surface area contributed by atoms with Crippen LogP contribution in [0.15, 0.2) is 59.1 Å². The number of aliphatic hydroxyl groups excluding tert-OH is 1. The molecule has 0 aliphatic carbocycles. The van der Waals surface area contributed by atoms with Gasteiger partial charge >= 0.3 is 6.09 Å². The van der Waals surface area contributed by atoms with E-state index in [1.165, 1.54) is 4.90 Å². The van der Waals surface area contributed by atoms with Gasteiger partial charge in [0.25, 0.3) is 0 Å². The summed E-state index contributed by atoms with van der Waals surface area (Å²) >= 11 is 6.96. The quantitative estimate of drug-likeness (QED) is 0.299. The second-order valence-corrected chi connectivity index (χ2v) is 9.78. The number of fused-ring (bicyclic) bond motifs is 2. The lowest BCUT2D eigenvalue weighted by Crippen LogP contribution is -2.34. The number of carbonyl (C=O) groups is 1. The Labute approximate surface area is 228 Å². The molecule has 9 nitrogen and oxygen atoms in total. The van der Waals surface area contributed by atoms with E-state index in [1.54, 1.807) is 16.8 Å². The van der Waals surface area contributed by atoms with Crippen molar-refractivity contribution in [2.24, 2.45) is 0 Å². The Morgan fingerprint density at radius 2 is 1.95 bits per heavy atom. The maximum absolute atomic E-state index is 11.4. The van der Waals surface area contributed by atoms with Gasteiger partial charge < -0.3 is 19.5 Å². The van der Waals surface area contributed by atoms with Crippen LogP contribution in [0.3, 0.4) is 0 Å². The minimum absolute atomic E-state index is 0.201. The lowest BCUT2D eigenvalue weighted by Gasteiger charge is -2.22. The van der Waals surface area contributed by atoms with E-state index in [-0.39, 0.29) is 6.61 Å². The summed E-state index contributed by atoms with van der Waals surface area (Å²) in [7, 11) is 0. The average molecular weight is 540 g/mol. The van der Waals surface area contributed by atoms with Crippen LogP contribution in [0.2, 0.25) is 5.02 Å². The van der Waals surface area contributed by atoms with Crippen LogP contribution in [-0.2, 0) is 19.6 Å². The van der Waals surface area contributed by atoms with E-state index in [9.17, 15) is 20.3 Å². The van der Waals surface area contributed by atoms with Crippen molar-refractivity contribution in [1.29, 1.82) is 5.26 Å². The van der Waals surface area contributed by atoms with Crippen molar-refractivity contribution in [3.8, 4) is 34.3 Å². The fourth-order valence-corrected chi connectivity index (χ4v) is 5.36. The third-order valence-electron chi connectivity index (χ3n) is 7.06. The fraction of sp³-hybridized carbons (Fsp3) is 0.172. The Bertz CT molecular complexity index is 1820. The van der Waals surface area contributed by atoms with Crippen LogP contribution in [0, 0.1) is 18.3 Å². The number of aromatic nitrogens is 3. The van der Waals surface area contributed by atoms with Crippen molar-refractivity contribution < 1.29 is 19.4 Å². The van der Waals surface area contributed by atoms with Gasteiger partial charge in [-0.05, 0) is 47.9 Å². The van der Waals surface area contributed by atoms with Crippen molar-refractivity contribution in [3.05, 3.63) is 87.7 Å². The maximum atomic E-state index is 11.4. The van der Waals surface area contributed by atoms with E-state index < -0.39 is 6.09 Å². The molecule has 10 heteroatoms. The molecule has 6 rings (SSSR count). The van der Waals surface area contributed by atoms with Crippen molar-refractivity contribution in [2.75, 3.05) is 6.54 Å². The zero-order valence-electron chi connectivity index (χ0n) is 20.8. The number of rotatable bonds is 4. The SMILES string of the molecule is Cc1c(-c2nc3cc(CO)cc(C#N)c3o2)cccc1-c1cccc(-n2cc3c(n2)CCN(C(=O)O)C3)c1Cl. The van der Waals surface area contributed by atoms with Crippen molar-refractivity contribution in [3.63, 3.8) is 0 Å². The number of aliphatic hydroxyl groups is 1. The molecule has 1 aliphatic heterocycles. The molecule has 0 unspecified atom stereocenters. The Kier molecular flexibility index (Phi) is 6.06. The highest BCUT2D eigenvalue weighted by atomic mass is 35.5. The van der Waals surface area contributed by atoms with Gasteiger partial charge in [-0.3, -0.25) is 0 Å². The summed E-state index contributed by atoms with van der Waals surface area (Å²) in [6.45, 7) is 2.46. The summed E-state index contributed by atoms with van der Waals surface area (Å²) in [6.07, 6.45) is 1.44. The van der Waals surface area contributed by atoms with Gasteiger partial charge in [0, 0.05) is 35.9 Å². The first-order valence-corrected chi connectivity index (χ1v) is 12.6. The predicted molar refractivity (Wildman–Crippen MR) is 145 cm³/mol. The number of amides is 1. The van der Waals surface area contributed by atoms with Gasteiger partial charge in [0.2, 0.25) is 5.89 Å². The molecule has 194 valence electrons. The highest BCUT2D eigenvalue weighted by Crippen LogP contribution is 2.39. The fourth-order valence-electron chi connectivity index (χ4n) is 5.04. The first-order chi connectivity index (χ1) is 18.9. The van der Waals surface area contributed by atoms with Gasteiger partial charge in [0.05, 0.1) is 35.1 Å². The van der Waals surface area contributed by atoms with Crippen molar-refractivity contribution in [1.82, 2.24) is 19.7 Å². The number of hydrogen-bond acceptors (Lipinski definition) is 6. The van der Waals surface area contributed by atoms with Crippen LogP contribution < -0.4 is 0 Å². The summed E-state index contributed by atoms with van der Waals surface area (Å²) in [5.74, 6) is 0.367. The molecule has 0 spiro atoms. The number of nitrogens with zero attached hydrogens (tertiary/aromatic N) is 5. The number of hydrogen-bond donors (Lipinski definition) is 2. The molecule has 2 aromatic heterocycles. The largest absolute Gasteiger partial charge is 0.465 e. The first kappa shape index (κ1) is 24.7. The van der Waals surface area contributed by atoms with Crippen LogP contribution in [0.5, 0.6) is 0 Å². The Morgan fingerprint density at radius 1 is 1.18 bits per heavy atom. The van der Waals surface area contributed by atoms with Gasteiger partial charge in [0.15, 0.2) is 5.58 Å². The number of halogens is 1. The number of benzene rings is 3. The number of oxazole rings is 1. The molecule has 0 fully saturated rings. The molecule has 0 radical (unpaired) electrons. The maximum Gasteiger partial charge on any atom is 0.407 e. The van der Waals surface area contributed by atoms with Gasteiger partial charge in [-0.25, -0.2) is 14.5 Å². The van der Waals surface area contributed by atoms with E-state index in [4.69, 9.17) is 21.1 Å². The molecule has 1 aliphatic rings. The van der Waals surface area contributed by atoms with E-state index in [2.05, 4.69) is 11.1 Å². The molecule has 3 aromatic carbocycles. The monoisotopic (exact) mass is 539 g/mol. The smallest absolute Gasteiger partial charge is 0.407 e. The molecule has 3 heterocycles. The van der Waals surface area contributed by atoms with Crippen molar-refractivity contribution >= 4 is 28.8 Å². The molecule has 39 heavy (non-hydrogen) atoms. The molecular weight excluding hydrogens is 518 g/mol. The zero-order valence-corrected chi connectivity index (χ0v) is 21.6. The van der Waals surface area contributed by atoms with Crippen LogP contribution in [0.25, 0.3) is 39.4 Å². The average Bonchev–Trinajstić information content (AvgIpc) is 3.56. The van der Waals surface area contributed by atoms with E-state index in [0.717, 1.165) is 33.5 Å². The molecular formula is C29H22ClN5O4. The van der Waals surface area contributed by atoms with Gasteiger partial charge in [0.1, 0.15) is 11.6 Å². The van der Waals surface area contributed by atoms with Crippen molar-refractivity contribution in [2.45, 2.75) is 26.5 Å². The summed E-state index contributed by atoms with van der Waals surface area (Å²) in [6, 6.07) is 16.9. The van der Waals surface area contributed by atoms with Gasteiger partial charge in [-0.2, -0.15) is 10.4 Å². The molecule has 0 saturated carbocycles. The van der Waals surface area contributed by atoms with Crippen LogP contribution in [-0.4, -0.2) is 42.5 Å². The first-order valence-electron chi connectivity index (χ1n) is 12.3. The van der Waals surface area contributed by atoms with Crippen LogP contribution >= 0.6 is 11.6 Å². The Balaban J connectivity index is 1.41. The molecule has 0 saturated heterocycles. The third kappa shape index (κ3) is 4.20. The summed E-state index contributed by atoms with van der Waals surface area (Å²) < 4.78 is 7.75. The molecule has 1 amide bonds. The lowest BCUT2D eigenvalue weighted by atomic mass is 9.96. The second kappa shape index (κ2) is 9.58. The van der Waals surface area contributed by atoms with E-state index in [0.29, 0.717) is 58.3 Å². The molecule has 2 N–H and O–H groups in total. The van der Waals surface area contributed by atoms with E-state index >= 15 is 0 Å². The number of carboxylic acid groups (broad SMARTS) is 1. The Morgan fingerprint density at radius 3 is 2.72 bits per heavy atom. The number of nitriles is 1. The van der Waals surface area contributed by atoms with Crippen LogP contribution in [0.4, 0.5) is 4.79 Å². The summed E-state index contributed by atoms with van der Waals surface area (Å²) in [5.41, 5.74) is 7.51. The van der Waals surface area contributed by atoms with E-state index in [1.807, 2.05) is 49.5 Å². The molecule has 0 bridgehead atoms. The summed E-state index contributed by atoms with van der Waals surface area (Å²) in [5, 5.41) is 33.7. The van der Waals surface area contributed by atoms with Gasteiger partial charge in [-0.1, -0.05) is 35.9 Å². The normalized spacial score (nSPS) is 12.9. The summed E-state index contributed by atoms with van der Waals surface area (Å²) in [4.78, 5) is 17.4. The second-order valence-electron chi connectivity index (χ2n) is 9.40. The molecule has 0 atom stereocenters. The highest BCUT2D eigenvalue weighted by molar-refractivity contribution is 6.35. The predicted octanol–water partition coefficient (Wildman–Crippen LogP) is 5.71. The van der Waals surface area contributed by atoms with Crippen LogP contribution in [0.1, 0.15) is 27.9 Å². The minimum atomic E-state index is -0.944. The highest BCUT2D eigenvalue weighted by Gasteiger charge is 2.24. The van der Waals surface area contributed by atoms with Gasteiger partial charge in [-0.15, -0.1) is 0 Å². The zero-order chi connectivity index (χ0) is 27.3. The third-order valence-corrected chi connectivity index (χ3v) is 7.46. The standard InChI is InChI=1S/C29H22ClN5O4/c1-16-20(4-2-5-21(16)28-32-24-11-17(15-36)10-18(12-31)27(24)39-28)22-6-3-7-25(26(22)30)35-14-19-13-34(29(37)38)9-8-23(19)33-35/h2-7,10-11,14,36H,8-9,13,15H2,1H3,(H,37,38). The Hall–Kier alpha value is -4.65. The minimum Gasteiger partial charge on any atom is -0.465 e. The lowest BCUT2D eigenvalue weighted by molar-refractivity contribution is 0.140.